The number of ether oxygens (including phenoxy) is 2. The second-order valence-electron chi connectivity index (χ2n) is 8.24. The van der Waals surface area contributed by atoms with Gasteiger partial charge in [0.15, 0.2) is 0 Å². The quantitative estimate of drug-likeness (QED) is 0.339. The minimum atomic E-state index is -0.831. The second-order valence-corrected chi connectivity index (χ2v) is 8.24. The van der Waals surface area contributed by atoms with Crippen molar-refractivity contribution in [2.75, 3.05) is 13.2 Å². The van der Waals surface area contributed by atoms with Crippen molar-refractivity contribution in [1.82, 2.24) is 10.7 Å². The molecule has 0 saturated carbocycles. The summed E-state index contributed by atoms with van der Waals surface area (Å²) < 4.78 is 10.9. The van der Waals surface area contributed by atoms with Gasteiger partial charge in [-0.2, -0.15) is 5.10 Å². The molecule has 0 aliphatic heterocycles. The Morgan fingerprint density at radius 1 is 0.971 bits per heavy atom. The van der Waals surface area contributed by atoms with Gasteiger partial charge < -0.3 is 14.8 Å². The Morgan fingerprint density at radius 3 is 2.38 bits per heavy atom. The highest BCUT2D eigenvalue weighted by Crippen LogP contribution is 2.28. The van der Waals surface area contributed by atoms with Gasteiger partial charge in [0.2, 0.25) is 0 Å². The third-order valence-electron chi connectivity index (χ3n) is 5.03. The highest BCUT2D eigenvalue weighted by molar-refractivity contribution is 6.02. The Hall–Kier alpha value is -3.87. The van der Waals surface area contributed by atoms with Crippen molar-refractivity contribution < 1.29 is 19.1 Å². The summed E-state index contributed by atoms with van der Waals surface area (Å²) in [6, 6.07) is 20.3. The number of hydrogen-bond acceptors (Lipinski definition) is 5. The Bertz CT molecular complexity index is 1130. The van der Waals surface area contributed by atoms with E-state index in [2.05, 4.69) is 29.7 Å². The predicted molar refractivity (Wildman–Crippen MR) is 134 cm³/mol. The highest BCUT2D eigenvalue weighted by atomic mass is 16.5. The molecule has 0 bridgehead atoms. The summed E-state index contributed by atoms with van der Waals surface area (Å²) in [5.41, 5.74) is 4.29. The SMILES string of the molecule is CCOC(=O)N[C@H](Cc1ccccc1)C(=O)N/N=C\c1ccc(OCC(C)C)c2ccccc12. The number of amides is 2. The molecule has 1 atom stereocenters. The fraction of sp³-hybridized carbons (Fsp3) is 0.296. The number of fused-ring (bicyclic) bond motifs is 1. The van der Waals surface area contributed by atoms with Gasteiger partial charge in [-0.05, 0) is 35.9 Å². The first-order chi connectivity index (χ1) is 16.5. The summed E-state index contributed by atoms with van der Waals surface area (Å²) in [4.78, 5) is 24.8. The molecule has 0 aliphatic carbocycles. The Balaban J connectivity index is 1.74. The summed E-state index contributed by atoms with van der Waals surface area (Å²) in [6.45, 7) is 6.76. The molecule has 0 heterocycles. The number of hydrogen-bond donors (Lipinski definition) is 2. The van der Waals surface area contributed by atoms with Crippen molar-refractivity contribution in [2.24, 2.45) is 11.0 Å². The average molecular weight is 462 g/mol. The average Bonchev–Trinajstić information content (AvgIpc) is 2.83. The van der Waals surface area contributed by atoms with Crippen molar-refractivity contribution in [2.45, 2.75) is 33.2 Å². The van der Waals surface area contributed by atoms with Crippen molar-refractivity contribution >= 4 is 29.0 Å². The van der Waals surface area contributed by atoms with Gasteiger partial charge in [0, 0.05) is 17.4 Å². The molecule has 3 rings (SSSR count). The van der Waals surface area contributed by atoms with Crippen LogP contribution in [0.15, 0.2) is 71.8 Å². The van der Waals surface area contributed by atoms with E-state index in [9.17, 15) is 9.59 Å². The van der Waals surface area contributed by atoms with E-state index in [4.69, 9.17) is 9.47 Å². The third kappa shape index (κ3) is 7.07. The normalized spacial score (nSPS) is 12.0. The third-order valence-corrected chi connectivity index (χ3v) is 5.03. The Morgan fingerprint density at radius 2 is 1.68 bits per heavy atom. The molecule has 0 aromatic heterocycles. The van der Waals surface area contributed by atoms with Gasteiger partial charge >= 0.3 is 6.09 Å². The molecule has 7 nitrogen and oxygen atoms in total. The molecule has 178 valence electrons. The summed E-state index contributed by atoms with van der Waals surface area (Å²) in [5, 5.41) is 8.71. The van der Waals surface area contributed by atoms with Crippen LogP contribution in [0.1, 0.15) is 31.9 Å². The zero-order chi connectivity index (χ0) is 24.3. The Kier molecular flexibility index (Phi) is 9.03. The number of rotatable bonds is 10. The van der Waals surface area contributed by atoms with Crippen LogP contribution in [-0.2, 0) is 16.0 Å². The van der Waals surface area contributed by atoms with E-state index in [1.54, 1.807) is 13.1 Å². The van der Waals surface area contributed by atoms with Crippen LogP contribution in [0.3, 0.4) is 0 Å². The summed E-state index contributed by atoms with van der Waals surface area (Å²) in [6.07, 6.45) is 1.26. The Labute approximate surface area is 200 Å². The standard InChI is InChI=1S/C27H31N3O4/c1-4-33-27(32)29-24(16-20-10-6-5-7-11-20)26(31)30-28-17-21-14-15-25(34-18-19(2)3)23-13-9-8-12-22(21)23/h5-15,17,19,24H,4,16,18H2,1-3H3,(H,29,32)(H,30,31)/b28-17-/t24-/m1/s1. The molecular weight excluding hydrogens is 430 g/mol. The molecule has 0 aliphatic rings. The summed E-state index contributed by atoms with van der Waals surface area (Å²) in [5.74, 6) is 0.795. The maximum atomic E-state index is 12.8. The predicted octanol–water partition coefficient (Wildman–Crippen LogP) is 4.68. The van der Waals surface area contributed by atoms with Gasteiger partial charge in [0.1, 0.15) is 11.8 Å². The van der Waals surface area contributed by atoms with E-state index < -0.39 is 18.0 Å². The van der Waals surface area contributed by atoms with Crippen molar-refractivity contribution in [3.05, 3.63) is 77.9 Å². The highest BCUT2D eigenvalue weighted by Gasteiger charge is 2.21. The first kappa shape index (κ1) is 24.8. The van der Waals surface area contributed by atoms with Crippen LogP contribution in [0.25, 0.3) is 10.8 Å². The van der Waals surface area contributed by atoms with E-state index in [-0.39, 0.29) is 6.61 Å². The minimum absolute atomic E-state index is 0.216. The van der Waals surface area contributed by atoms with Gasteiger partial charge in [-0.25, -0.2) is 10.2 Å². The van der Waals surface area contributed by atoms with E-state index in [0.29, 0.717) is 18.9 Å². The molecule has 3 aromatic carbocycles. The number of alkyl carbamates (subject to hydrolysis) is 1. The lowest BCUT2D eigenvalue weighted by atomic mass is 10.0. The van der Waals surface area contributed by atoms with E-state index in [1.165, 1.54) is 0 Å². The van der Waals surface area contributed by atoms with Gasteiger partial charge in [0.05, 0.1) is 19.4 Å². The summed E-state index contributed by atoms with van der Waals surface area (Å²) >= 11 is 0. The molecule has 0 radical (unpaired) electrons. The smallest absolute Gasteiger partial charge is 0.407 e. The van der Waals surface area contributed by atoms with Gasteiger partial charge in [0.25, 0.3) is 5.91 Å². The largest absolute Gasteiger partial charge is 0.493 e. The first-order valence-corrected chi connectivity index (χ1v) is 11.4. The molecule has 0 saturated heterocycles. The lowest BCUT2D eigenvalue weighted by Crippen LogP contribution is -2.47. The lowest BCUT2D eigenvalue weighted by molar-refractivity contribution is -0.123. The van der Waals surface area contributed by atoms with E-state index in [0.717, 1.165) is 27.6 Å². The molecule has 7 heteroatoms. The number of nitrogens with zero attached hydrogens (tertiary/aromatic N) is 1. The van der Waals surface area contributed by atoms with Crippen LogP contribution in [0, 0.1) is 5.92 Å². The molecule has 0 fully saturated rings. The number of carbonyl (C=O) groups excluding carboxylic acids is 2. The number of carbonyl (C=O) groups is 2. The van der Waals surface area contributed by atoms with Crippen molar-refractivity contribution in [3.8, 4) is 5.75 Å². The van der Waals surface area contributed by atoms with Crippen LogP contribution in [-0.4, -0.2) is 37.5 Å². The van der Waals surface area contributed by atoms with Gasteiger partial charge in [-0.3, -0.25) is 4.79 Å². The van der Waals surface area contributed by atoms with Crippen LogP contribution in [0.5, 0.6) is 5.75 Å². The zero-order valence-electron chi connectivity index (χ0n) is 19.8. The maximum Gasteiger partial charge on any atom is 0.407 e. The molecule has 2 N–H and O–H groups in total. The monoisotopic (exact) mass is 461 g/mol. The van der Waals surface area contributed by atoms with Crippen LogP contribution < -0.4 is 15.5 Å². The van der Waals surface area contributed by atoms with Crippen molar-refractivity contribution in [3.63, 3.8) is 0 Å². The minimum Gasteiger partial charge on any atom is -0.493 e. The molecule has 3 aromatic rings. The van der Waals surface area contributed by atoms with Gasteiger partial charge in [-0.15, -0.1) is 0 Å². The first-order valence-electron chi connectivity index (χ1n) is 11.4. The van der Waals surface area contributed by atoms with Crippen molar-refractivity contribution in [1.29, 1.82) is 0 Å². The molecule has 0 unspecified atom stereocenters. The number of hydrazone groups is 1. The lowest BCUT2D eigenvalue weighted by Gasteiger charge is -2.17. The summed E-state index contributed by atoms with van der Waals surface area (Å²) in [7, 11) is 0. The molecule has 2 amide bonds. The van der Waals surface area contributed by atoms with Crippen LogP contribution >= 0.6 is 0 Å². The van der Waals surface area contributed by atoms with Crippen LogP contribution in [0.2, 0.25) is 0 Å². The number of benzene rings is 3. The van der Waals surface area contributed by atoms with Gasteiger partial charge in [-0.1, -0.05) is 68.4 Å². The molecular formula is C27H31N3O4. The fourth-order valence-electron chi connectivity index (χ4n) is 3.41. The van der Waals surface area contributed by atoms with E-state index in [1.807, 2.05) is 66.7 Å². The maximum absolute atomic E-state index is 12.8. The second kappa shape index (κ2) is 12.4. The number of nitrogens with one attached hydrogen (secondary N) is 2. The fourth-order valence-corrected chi connectivity index (χ4v) is 3.41. The topological polar surface area (TPSA) is 89.0 Å². The van der Waals surface area contributed by atoms with Crippen LogP contribution in [0.4, 0.5) is 4.79 Å². The zero-order valence-corrected chi connectivity index (χ0v) is 19.8. The molecule has 34 heavy (non-hydrogen) atoms. The molecule has 0 spiro atoms. The van der Waals surface area contributed by atoms with E-state index >= 15 is 0 Å².